The molecule has 0 spiro atoms. The molecule has 0 radical (unpaired) electrons. The van der Waals surface area contributed by atoms with Crippen LogP contribution in [0.5, 0.6) is 0 Å². The minimum Gasteiger partial charge on any atom is -0.345 e. The molecule has 1 atom stereocenters. The van der Waals surface area contributed by atoms with Gasteiger partial charge in [-0.15, -0.1) is 11.8 Å². The van der Waals surface area contributed by atoms with E-state index in [0.717, 1.165) is 10.5 Å². The number of carbonyl (C=O) groups is 2. The van der Waals surface area contributed by atoms with Crippen LogP contribution in [-0.4, -0.2) is 17.6 Å². The van der Waals surface area contributed by atoms with Crippen molar-refractivity contribution in [1.29, 1.82) is 0 Å². The normalized spacial score (nSPS) is 11.5. The number of hydrogen-bond donors (Lipinski definition) is 2. The number of anilines is 1. The fourth-order valence-electron chi connectivity index (χ4n) is 2.86. The van der Waals surface area contributed by atoms with Gasteiger partial charge in [0.25, 0.3) is 5.91 Å². The number of para-hydroxylation sites is 1. The number of nitrogens with one attached hydrogen (secondary N) is 2. The summed E-state index contributed by atoms with van der Waals surface area (Å²) in [5, 5.41) is 5.86. The van der Waals surface area contributed by atoms with E-state index in [2.05, 4.69) is 10.6 Å². The SMILES string of the molecule is Cc1ccc(SCC(=O)Nc2ccccc2C(=O)NC(C)c2ccccc2)cc1. The Bertz CT molecular complexity index is 972. The highest BCUT2D eigenvalue weighted by Gasteiger charge is 2.16. The van der Waals surface area contributed by atoms with E-state index in [1.54, 1.807) is 24.3 Å². The molecule has 2 amide bonds. The van der Waals surface area contributed by atoms with Crippen LogP contribution in [0.4, 0.5) is 5.69 Å². The lowest BCUT2D eigenvalue weighted by Gasteiger charge is -2.16. The highest BCUT2D eigenvalue weighted by atomic mass is 32.2. The molecule has 148 valence electrons. The van der Waals surface area contributed by atoms with Gasteiger partial charge in [0.1, 0.15) is 0 Å². The van der Waals surface area contributed by atoms with E-state index < -0.39 is 0 Å². The predicted octanol–water partition coefficient (Wildman–Crippen LogP) is 5.22. The van der Waals surface area contributed by atoms with Crippen molar-refractivity contribution < 1.29 is 9.59 Å². The number of benzene rings is 3. The summed E-state index contributed by atoms with van der Waals surface area (Å²) in [7, 11) is 0. The van der Waals surface area contributed by atoms with Gasteiger partial charge >= 0.3 is 0 Å². The number of hydrogen-bond acceptors (Lipinski definition) is 3. The number of carbonyl (C=O) groups excluding carboxylic acids is 2. The third-order valence-corrected chi connectivity index (χ3v) is 5.50. The van der Waals surface area contributed by atoms with Gasteiger partial charge in [-0.1, -0.05) is 60.2 Å². The average Bonchev–Trinajstić information content (AvgIpc) is 2.74. The first kappa shape index (κ1) is 20.7. The highest BCUT2D eigenvalue weighted by molar-refractivity contribution is 8.00. The third-order valence-electron chi connectivity index (χ3n) is 4.48. The molecule has 3 rings (SSSR count). The number of aryl methyl sites for hydroxylation is 1. The van der Waals surface area contributed by atoms with Crippen molar-refractivity contribution in [3.63, 3.8) is 0 Å². The van der Waals surface area contributed by atoms with Crippen LogP contribution in [0.3, 0.4) is 0 Å². The molecule has 0 aliphatic heterocycles. The Balaban J connectivity index is 1.62. The molecule has 0 aliphatic carbocycles. The summed E-state index contributed by atoms with van der Waals surface area (Å²) in [6.07, 6.45) is 0. The zero-order chi connectivity index (χ0) is 20.6. The van der Waals surface area contributed by atoms with Gasteiger partial charge in [0.15, 0.2) is 0 Å². The van der Waals surface area contributed by atoms with Crippen molar-refractivity contribution in [2.24, 2.45) is 0 Å². The fraction of sp³-hybridized carbons (Fsp3) is 0.167. The van der Waals surface area contributed by atoms with E-state index in [-0.39, 0.29) is 23.6 Å². The van der Waals surface area contributed by atoms with Gasteiger partial charge in [0, 0.05) is 4.90 Å². The van der Waals surface area contributed by atoms with Crippen LogP contribution >= 0.6 is 11.8 Å². The second-order valence-electron chi connectivity index (χ2n) is 6.80. The summed E-state index contributed by atoms with van der Waals surface area (Å²) in [6.45, 7) is 3.97. The molecule has 1 unspecified atom stereocenters. The van der Waals surface area contributed by atoms with Gasteiger partial charge < -0.3 is 10.6 Å². The molecule has 4 nitrogen and oxygen atoms in total. The third kappa shape index (κ3) is 5.96. The molecule has 3 aromatic carbocycles. The van der Waals surface area contributed by atoms with Gasteiger partial charge in [-0.2, -0.15) is 0 Å². The molecular formula is C24H24N2O2S. The lowest BCUT2D eigenvalue weighted by molar-refractivity contribution is -0.113. The summed E-state index contributed by atoms with van der Waals surface area (Å²) in [6, 6.07) is 24.7. The van der Waals surface area contributed by atoms with Crippen LogP contribution in [0.25, 0.3) is 0 Å². The van der Waals surface area contributed by atoms with Gasteiger partial charge in [0.2, 0.25) is 5.91 Å². The first-order valence-corrected chi connectivity index (χ1v) is 10.5. The first-order chi connectivity index (χ1) is 14.0. The maximum absolute atomic E-state index is 12.8. The van der Waals surface area contributed by atoms with Crippen molar-refractivity contribution in [2.45, 2.75) is 24.8 Å². The standard InChI is InChI=1S/C24H24N2O2S/c1-17-12-14-20(15-13-17)29-16-23(27)26-22-11-7-6-10-21(22)24(28)25-18(2)19-8-4-3-5-9-19/h3-15,18H,16H2,1-2H3,(H,25,28)(H,26,27). The molecular weight excluding hydrogens is 380 g/mol. The fourth-order valence-corrected chi connectivity index (χ4v) is 3.56. The highest BCUT2D eigenvalue weighted by Crippen LogP contribution is 2.21. The Labute approximate surface area is 175 Å². The minimum absolute atomic E-state index is 0.135. The topological polar surface area (TPSA) is 58.2 Å². The predicted molar refractivity (Wildman–Crippen MR) is 119 cm³/mol. The molecule has 0 heterocycles. The monoisotopic (exact) mass is 404 g/mol. The summed E-state index contributed by atoms with van der Waals surface area (Å²) in [4.78, 5) is 26.2. The zero-order valence-electron chi connectivity index (χ0n) is 16.5. The number of thioether (sulfide) groups is 1. The smallest absolute Gasteiger partial charge is 0.253 e. The second-order valence-corrected chi connectivity index (χ2v) is 7.85. The summed E-state index contributed by atoms with van der Waals surface area (Å²) >= 11 is 1.47. The van der Waals surface area contributed by atoms with Crippen molar-refractivity contribution >= 4 is 29.3 Å². The molecule has 0 fully saturated rings. The van der Waals surface area contributed by atoms with Gasteiger partial charge in [-0.05, 0) is 43.7 Å². The molecule has 2 N–H and O–H groups in total. The van der Waals surface area contributed by atoms with Crippen molar-refractivity contribution in [3.8, 4) is 0 Å². The van der Waals surface area contributed by atoms with Crippen LogP contribution in [0.2, 0.25) is 0 Å². The van der Waals surface area contributed by atoms with E-state index in [4.69, 9.17) is 0 Å². The van der Waals surface area contributed by atoms with E-state index in [1.165, 1.54) is 17.3 Å². The Hall–Kier alpha value is -3.05. The quantitative estimate of drug-likeness (QED) is 0.531. The summed E-state index contributed by atoms with van der Waals surface area (Å²) in [5.74, 6) is -0.0882. The Morgan fingerprint density at radius 2 is 1.55 bits per heavy atom. The first-order valence-electron chi connectivity index (χ1n) is 9.47. The van der Waals surface area contributed by atoms with Crippen LogP contribution in [0, 0.1) is 6.92 Å². The van der Waals surface area contributed by atoms with Crippen LogP contribution in [0.1, 0.15) is 34.5 Å². The van der Waals surface area contributed by atoms with E-state index in [1.807, 2.05) is 68.4 Å². The van der Waals surface area contributed by atoms with E-state index in [0.29, 0.717) is 11.3 Å². The van der Waals surface area contributed by atoms with Crippen molar-refractivity contribution in [3.05, 3.63) is 95.6 Å². The van der Waals surface area contributed by atoms with Crippen molar-refractivity contribution in [1.82, 2.24) is 5.32 Å². The summed E-state index contributed by atoms with van der Waals surface area (Å²) < 4.78 is 0. The average molecular weight is 405 g/mol. The Kier molecular flexibility index (Phi) is 7.09. The molecule has 3 aromatic rings. The zero-order valence-corrected chi connectivity index (χ0v) is 17.3. The van der Waals surface area contributed by atoms with Crippen LogP contribution in [-0.2, 0) is 4.79 Å². The molecule has 0 aliphatic rings. The minimum atomic E-state index is -0.219. The molecule has 0 bridgehead atoms. The molecule has 29 heavy (non-hydrogen) atoms. The number of amides is 2. The molecule has 0 aromatic heterocycles. The van der Waals surface area contributed by atoms with Gasteiger partial charge in [0.05, 0.1) is 23.0 Å². The molecule has 0 saturated heterocycles. The largest absolute Gasteiger partial charge is 0.345 e. The Morgan fingerprint density at radius 3 is 2.28 bits per heavy atom. The molecule has 0 saturated carbocycles. The second kappa shape index (κ2) is 9.94. The Morgan fingerprint density at radius 1 is 0.897 bits per heavy atom. The van der Waals surface area contributed by atoms with Gasteiger partial charge in [-0.25, -0.2) is 0 Å². The number of rotatable bonds is 7. The maximum Gasteiger partial charge on any atom is 0.253 e. The maximum atomic E-state index is 12.8. The molecule has 5 heteroatoms. The van der Waals surface area contributed by atoms with E-state index in [9.17, 15) is 9.59 Å². The van der Waals surface area contributed by atoms with Gasteiger partial charge in [-0.3, -0.25) is 9.59 Å². The van der Waals surface area contributed by atoms with Crippen molar-refractivity contribution in [2.75, 3.05) is 11.1 Å². The van der Waals surface area contributed by atoms with Crippen LogP contribution < -0.4 is 10.6 Å². The summed E-state index contributed by atoms with van der Waals surface area (Å²) in [5.41, 5.74) is 3.17. The van der Waals surface area contributed by atoms with Crippen LogP contribution in [0.15, 0.2) is 83.8 Å². The van der Waals surface area contributed by atoms with E-state index >= 15 is 0 Å². The lowest BCUT2D eigenvalue weighted by Crippen LogP contribution is -2.28. The lowest BCUT2D eigenvalue weighted by atomic mass is 10.1.